The summed E-state index contributed by atoms with van der Waals surface area (Å²) in [5.74, 6) is 1.99. The number of hydrogen-bond donors (Lipinski definition) is 1. The number of nitrogens with zero attached hydrogens (tertiary/aromatic N) is 2. The molecule has 2 N–H and O–H groups in total. The minimum absolute atomic E-state index is 0.223. The van der Waals surface area contributed by atoms with Gasteiger partial charge < -0.3 is 15.0 Å². The molecule has 1 aromatic carbocycles. The number of methoxy groups -OCH3 is 1. The van der Waals surface area contributed by atoms with Gasteiger partial charge in [-0.25, -0.2) is 0 Å². The van der Waals surface area contributed by atoms with Crippen molar-refractivity contribution in [3.05, 3.63) is 28.1 Å². The molecule has 6 heteroatoms. The normalized spacial score (nSPS) is 11.1. The molecule has 2 aromatic rings. The van der Waals surface area contributed by atoms with Crippen molar-refractivity contribution in [2.24, 2.45) is 5.73 Å². The zero-order chi connectivity index (χ0) is 14.0. The molecule has 0 fully saturated rings. The first-order chi connectivity index (χ1) is 9.06. The third kappa shape index (κ3) is 2.79. The predicted molar refractivity (Wildman–Crippen MR) is 76.0 cm³/mol. The standard InChI is InChI=1S/C13H16BrN3O2/c1-7(2)8-5-11(18-3)9(4-10(8)14)13-16-12(6-15)19-17-13/h4-5,7H,6,15H2,1-3H3. The lowest BCUT2D eigenvalue weighted by molar-refractivity contribution is 0.379. The zero-order valence-corrected chi connectivity index (χ0v) is 12.7. The molecule has 0 spiro atoms. The van der Waals surface area contributed by atoms with Crippen LogP contribution in [-0.2, 0) is 6.54 Å². The predicted octanol–water partition coefficient (Wildman–Crippen LogP) is 3.09. The summed E-state index contributed by atoms with van der Waals surface area (Å²) in [7, 11) is 1.63. The van der Waals surface area contributed by atoms with Crippen LogP contribution in [0.2, 0.25) is 0 Å². The number of halogens is 1. The summed E-state index contributed by atoms with van der Waals surface area (Å²) in [6, 6.07) is 3.93. The van der Waals surface area contributed by atoms with Gasteiger partial charge in [-0.3, -0.25) is 0 Å². The molecule has 0 aliphatic carbocycles. The maximum atomic E-state index is 5.47. The minimum atomic E-state index is 0.223. The summed E-state index contributed by atoms with van der Waals surface area (Å²) in [4.78, 5) is 4.22. The molecule has 0 aliphatic rings. The third-order valence-electron chi connectivity index (χ3n) is 2.82. The molecule has 0 unspecified atom stereocenters. The van der Waals surface area contributed by atoms with Crippen LogP contribution in [0.4, 0.5) is 0 Å². The van der Waals surface area contributed by atoms with Gasteiger partial charge in [0.25, 0.3) is 0 Å². The van der Waals surface area contributed by atoms with Gasteiger partial charge in [0.05, 0.1) is 19.2 Å². The van der Waals surface area contributed by atoms with Gasteiger partial charge in [-0.2, -0.15) is 4.98 Å². The number of nitrogens with two attached hydrogens (primary N) is 1. The first-order valence-electron chi connectivity index (χ1n) is 5.97. The lowest BCUT2D eigenvalue weighted by Gasteiger charge is -2.13. The fourth-order valence-corrected chi connectivity index (χ4v) is 2.60. The number of ether oxygens (including phenoxy) is 1. The number of benzene rings is 1. The fourth-order valence-electron chi connectivity index (χ4n) is 1.80. The molecule has 5 nitrogen and oxygen atoms in total. The molecule has 0 saturated heterocycles. The van der Waals surface area contributed by atoms with Gasteiger partial charge in [0.15, 0.2) is 0 Å². The Kier molecular flexibility index (Phi) is 4.21. The molecule has 0 aliphatic heterocycles. The van der Waals surface area contributed by atoms with Crippen LogP contribution < -0.4 is 10.5 Å². The largest absolute Gasteiger partial charge is 0.496 e. The highest BCUT2D eigenvalue weighted by molar-refractivity contribution is 9.10. The van der Waals surface area contributed by atoms with Crippen LogP contribution in [0.1, 0.15) is 31.2 Å². The van der Waals surface area contributed by atoms with Crippen molar-refractivity contribution in [3.63, 3.8) is 0 Å². The van der Waals surface area contributed by atoms with Crippen LogP contribution in [0.15, 0.2) is 21.1 Å². The second-order valence-electron chi connectivity index (χ2n) is 4.44. The van der Waals surface area contributed by atoms with E-state index in [4.69, 9.17) is 15.0 Å². The van der Waals surface area contributed by atoms with Crippen LogP contribution in [-0.4, -0.2) is 17.3 Å². The molecule has 0 bridgehead atoms. The van der Waals surface area contributed by atoms with Gasteiger partial charge >= 0.3 is 0 Å². The molecule has 1 heterocycles. The molecule has 1 aromatic heterocycles. The van der Waals surface area contributed by atoms with Gasteiger partial charge in [0.2, 0.25) is 11.7 Å². The molecule has 0 amide bonds. The van der Waals surface area contributed by atoms with Gasteiger partial charge in [0.1, 0.15) is 5.75 Å². The molecule has 19 heavy (non-hydrogen) atoms. The summed E-state index contributed by atoms with van der Waals surface area (Å²) in [5.41, 5.74) is 7.42. The van der Waals surface area contributed by atoms with Crippen LogP contribution in [0.25, 0.3) is 11.4 Å². The maximum absolute atomic E-state index is 5.47. The quantitative estimate of drug-likeness (QED) is 0.934. The van der Waals surface area contributed by atoms with Gasteiger partial charge in [-0.05, 0) is 23.6 Å². The van der Waals surface area contributed by atoms with E-state index >= 15 is 0 Å². The topological polar surface area (TPSA) is 74.2 Å². The Morgan fingerprint density at radius 3 is 2.68 bits per heavy atom. The van der Waals surface area contributed by atoms with Crippen molar-refractivity contribution in [1.82, 2.24) is 10.1 Å². The molecular formula is C13H16BrN3O2. The monoisotopic (exact) mass is 325 g/mol. The van der Waals surface area contributed by atoms with E-state index in [-0.39, 0.29) is 6.54 Å². The first-order valence-corrected chi connectivity index (χ1v) is 6.76. The first kappa shape index (κ1) is 14.0. The highest BCUT2D eigenvalue weighted by Gasteiger charge is 2.17. The van der Waals surface area contributed by atoms with E-state index < -0.39 is 0 Å². The molecular weight excluding hydrogens is 310 g/mol. The number of aromatic nitrogens is 2. The van der Waals surface area contributed by atoms with Crippen molar-refractivity contribution in [1.29, 1.82) is 0 Å². The van der Waals surface area contributed by atoms with Crippen molar-refractivity contribution in [3.8, 4) is 17.1 Å². The summed E-state index contributed by atoms with van der Waals surface area (Å²) < 4.78 is 11.4. The van der Waals surface area contributed by atoms with E-state index in [0.29, 0.717) is 17.6 Å². The average Bonchev–Trinajstić information content (AvgIpc) is 2.86. The van der Waals surface area contributed by atoms with Gasteiger partial charge in [-0.15, -0.1) is 0 Å². The average molecular weight is 326 g/mol. The second kappa shape index (κ2) is 5.71. The Morgan fingerprint density at radius 2 is 2.16 bits per heavy atom. The van der Waals surface area contributed by atoms with Crippen molar-refractivity contribution in [2.75, 3.05) is 7.11 Å². The highest BCUT2D eigenvalue weighted by atomic mass is 79.9. The highest BCUT2D eigenvalue weighted by Crippen LogP contribution is 2.36. The Hall–Kier alpha value is -1.40. The van der Waals surface area contributed by atoms with Crippen LogP contribution in [0.5, 0.6) is 5.75 Å². The molecule has 102 valence electrons. The van der Waals surface area contributed by atoms with Crippen LogP contribution in [0, 0.1) is 0 Å². The zero-order valence-electron chi connectivity index (χ0n) is 11.1. The Balaban J connectivity index is 2.53. The summed E-state index contributed by atoms with van der Waals surface area (Å²) in [6.07, 6.45) is 0. The van der Waals surface area contributed by atoms with Crippen molar-refractivity contribution < 1.29 is 9.26 Å². The lowest BCUT2D eigenvalue weighted by Crippen LogP contribution is -1.97. The van der Waals surface area contributed by atoms with E-state index in [9.17, 15) is 0 Å². The fraction of sp³-hybridized carbons (Fsp3) is 0.385. The molecule has 2 rings (SSSR count). The van der Waals surface area contributed by atoms with Crippen molar-refractivity contribution >= 4 is 15.9 Å². The van der Waals surface area contributed by atoms with E-state index in [2.05, 4.69) is 39.9 Å². The third-order valence-corrected chi connectivity index (χ3v) is 3.51. The van der Waals surface area contributed by atoms with Gasteiger partial charge in [-0.1, -0.05) is 34.9 Å². The summed E-state index contributed by atoms with van der Waals surface area (Å²) in [5, 5.41) is 3.91. The smallest absolute Gasteiger partial charge is 0.240 e. The Bertz CT molecular complexity index is 581. The molecule has 0 radical (unpaired) electrons. The van der Waals surface area contributed by atoms with E-state index in [1.807, 2.05) is 12.1 Å². The van der Waals surface area contributed by atoms with Crippen LogP contribution >= 0.6 is 15.9 Å². The second-order valence-corrected chi connectivity index (χ2v) is 5.30. The van der Waals surface area contributed by atoms with E-state index in [1.54, 1.807) is 7.11 Å². The lowest BCUT2D eigenvalue weighted by atomic mass is 10.0. The number of hydrogen-bond acceptors (Lipinski definition) is 5. The molecule has 0 atom stereocenters. The van der Waals surface area contributed by atoms with Gasteiger partial charge in [0, 0.05) is 4.47 Å². The molecule has 0 saturated carbocycles. The Labute approximate surface area is 120 Å². The van der Waals surface area contributed by atoms with E-state index in [0.717, 1.165) is 15.8 Å². The summed E-state index contributed by atoms with van der Waals surface area (Å²) >= 11 is 3.57. The van der Waals surface area contributed by atoms with E-state index in [1.165, 1.54) is 5.56 Å². The minimum Gasteiger partial charge on any atom is -0.496 e. The maximum Gasteiger partial charge on any atom is 0.240 e. The number of rotatable bonds is 4. The van der Waals surface area contributed by atoms with Crippen molar-refractivity contribution in [2.45, 2.75) is 26.3 Å². The summed E-state index contributed by atoms with van der Waals surface area (Å²) in [6.45, 7) is 4.47. The van der Waals surface area contributed by atoms with Crippen LogP contribution in [0.3, 0.4) is 0 Å². The SMILES string of the molecule is COc1cc(C(C)C)c(Br)cc1-c1noc(CN)n1. The Morgan fingerprint density at radius 1 is 1.42 bits per heavy atom.